The van der Waals surface area contributed by atoms with E-state index < -0.39 is 5.69 Å². The summed E-state index contributed by atoms with van der Waals surface area (Å²) in [5, 5.41) is 10.2. The molecule has 0 bridgehead atoms. The van der Waals surface area contributed by atoms with Crippen molar-refractivity contribution in [3.63, 3.8) is 0 Å². The predicted octanol–water partition coefficient (Wildman–Crippen LogP) is 1.13. The van der Waals surface area contributed by atoms with Gasteiger partial charge in [0.2, 0.25) is 11.7 Å². The van der Waals surface area contributed by atoms with Gasteiger partial charge in [0.05, 0.1) is 10.9 Å². The monoisotopic (exact) mass is 442 g/mol. The van der Waals surface area contributed by atoms with Gasteiger partial charge in [0, 0.05) is 24.7 Å². The summed E-state index contributed by atoms with van der Waals surface area (Å²) in [6.07, 6.45) is 0.658. The zero-order valence-electron chi connectivity index (χ0n) is 19.1. The van der Waals surface area contributed by atoms with E-state index in [2.05, 4.69) is 15.7 Å². The van der Waals surface area contributed by atoms with Gasteiger partial charge in [0.15, 0.2) is 0 Å². The molecule has 172 valence electrons. The molecule has 2 aromatic heterocycles. The van der Waals surface area contributed by atoms with Gasteiger partial charge in [-0.1, -0.05) is 20.8 Å². The van der Waals surface area contributed by atoms with Crippen molar-refractivity contribution in [2.24, 2.45) is 5.92 Å². The van der Waals surface area contributed by atoms with E-state index in [1.165, 1.54) is 15.0 Å². The fraction of sp³-hybridized carbons (Fsp3) is 0.500. The highest BCUT2D eigenvalue weighted by molar-refractivity contribution is 5.98. The van der Waals surface area contributed by atoms with Gasteiger partial charge in [-0.2, -0.15) is 0 Å². The van der Waals surface area contributed by atoms with Crippen LogP contribution in [-0.4, -0.2) is 43.1 Å². The molecular formula is C22H30N6O4. The number of amides is 2. The van der Waals surface area contributed by atoms with E-state index in [0.29, 0.717) is 30.5 Å². The number of aromatic nitrogens is 4. The van der Waals surface area contributed by atoms with Crippen LogP contribution in [0, 0.1) is 5.92 Å². The largest absolute Gasteiger partial charge is 0.352 e. The SMILES string of the molecule is CCCn1c(=O)c2ccc(C(=O)NCC(C)C)cc2n2c(=O)n(CC(=O)NC(C)C)nc12. The summed E-state index contributed by atoms with van der Waals surface area (Å²) >= 11 is 0. The maximum Gasteiger partial charge on any atom is 0.352 e. The number of carbonyl (C=O) groups is 2. The Labute approximate surface area is 185 Å². The maximum atomic E-state index is 13.2. The third kappa shape index (κ3) is 4.58. The van der Waals surface area contributed by atoms with Gasteiger partial charge >= 0.3 is 5.69 Å². The van der Waals surface area contributed by atoms with Gasteiger partial charge in [-0.05, 0) is 44.4 Å². The first-order chi connectivity index (χ1) is 15.1. The molecule has 10 heteroatoms. The van der Waals surface area contributed by atoms with Gasteiger partial charge in [-0.15, -0.1) is 5.10 Å². The molecule has 2 amide bonds. The van der Waals surface area contributed by atoms with Gasteiger partial charge in [0.25, 0.3) is 11.5 Å². The fourth-order valence-corrected chi connectivity index (χ4v) is 3.49. The number of nitrogens with zero attached hydrogens (tertiary/aromatic N) is 4. The van der Waals surface area contributed by atoms with Crippen LogP contribution in [0.15, 0.2) is 27.8 Å². The molecule has 0 saturated heterocycles. The van der Waals surface area contributed by atoms with E-state index in [4.69, 9.17) is 0 Å². The molecule has 2 N–H and O–H groups in total. The molecule has 3 aromatic rings. The maximum absolute atomic E-state index is 13.2. The minimum atomic E-state index is -0.548. The quantitative estimate of drug-likeness (QED) is 0.542. The third-order valence-corrected chi connectivity index (χ3v) is 4.90. The van der Waals surface area contributed by atoms with Crippen LogP contribution in [-0.2, 0) is 17.9 Å². The molecule has 2 heterocycles. The Kier molecular flexibility index (Phi) is 6.81. The smallest absolute Gasteiger partial charge is 0.352 e. The zero-order chi connectivity index (χ0) is 23.6. The van der Waals surface area contributed by atoms with Gasteiger partial charge in [0.1, 0.15) is 6.54 Å². The highest BCUT2D eigenvalue weighted by Crippen LogP contribution is 2.14. The van der Waals surface area contributed by atoms with Crippen LogP contribution >= 0.6 is 0 Å². The van der Waals surface area contributed by atoms with E-state index in [-0.39, 0.29) is 47.2 Å². The second-order valence-corrected chi connectivity index (χ2v) is 8.59. The van der Waals surface area contributed by atoms with Crippen LogP contribution in [0.25, 0.3) is 16.7 Å². The number of nitrogens with one attached hydrogen (secondary N) is 2. The molecule has 0 spiro atoms. The number of aryl methyl sites for hydroxylation is 1. The highest BCUT2D eigenvalue weighted by Gasteiger charge is 2.20. The van der Waals surface area contributed by atoms with Gasteiger partial charge in [-0.25, -0.2) is 13.9 Å². The van der Waals surface area contributed by atoms with Crippen LogP contribution in [0.3, 0.4) is 0 Å². The number of hydrogen-bond acceptors (Lipinski definition) is 5. The van der Waals surface area contributed by atoms with E-state index in [1.54, 1.807) is 12.1 Å². The zero-order valence-corrected chi connectivity index (χ0v) is 19.1. The summed E-state index contributed by atoms with van der Waals surface area (Å²) in [4.78, 5) is 51.1. The van der Waals surface area contributed by atoms with Crippen molar-refractivity contribution < 1.29 is 9.59 Å². The number of rotatable bonds is 8. The number of carbonyl (C=O) groups excluding carboxylic acids is 2. The van der Waals surface area contributed by atoms with Gasteiger partial charge < -0.3 is 10.6 Å². The van der Waals surface area contributed by atoms with E-state index >= 15 is 0 Å². The Balaban J connectivity index is 2.22. The summed E-state index contributed by atoms with van der Waals surface area (Å²) in [6, 6.07) is 4.58. The lowest BCUT2D eigenvalue weighted by atomic mass is 10.1. The van der Waals surface area contributed by atoms with Crippen molar-refractivity contribution in [2.45, 2.75) is 60.2 Å². The summed E-state index contributed by atoms with van der Waals surface area (Å²) in [6.45, 7) is 10.1. The Morgan fingerprint density at radius 2 is 1.84 bits per heavy atom. The summed E-state index contributed by atoms with van der Waals surface area (Å²) in [7, 11) is 0. The topological polar surface area (TPSA) is 120 Å². The molecule has 0 saturated carbocycles. The lowest BCUT2D eigenvalue weighted by Crippen LogP contribution is -2.36. The van der Waals surface area contributed by atoms with Crippen LogP contribution in [0.1, 0.15) is 51.4 Å². The molecule has 0 aliphatic heterocycles. The van der Waals surface area contributed by atoms with Crippen molar-refractivity contribution >= 4 is 28.5 Å². The average Bonchev–Trinajstić information content (AvgIpc) is 3.04. The molecule has 0 unspecified atom stereocenters. The second kappa shape index (κ2) is 9.37. The van der Waals surface area contributed by atoms with E-state index in [0.717, 1.165) is 4.68 Å². The van der Waals surface area contributed by atoms with Crippen LogP contribution in [0.4, 0.5) is 0 Å². The van der Waals surface area contributed by atoms with E-state index in [9.17, 15) is 19.2 Å². The average molecular weight is 443 g/mol. The summed E-state index contributed by atoms with van der Waals surface area (Å²) in [5.74, 6) is -0.215. The summed E-state index contributed by atoms with van der Waals surface area (Å²) in [5.41, 5.74) is -0.222. The molecular weight excluding hydrogens is 412 g/mol. The van der Waals surface area contributed by atoms with E-state index in [1.807, 2.05) is 34.6 Å². The number of fused-ring (bicyclic) bond motifs is 3. The number of benzene rings is 1. The first kappa shape index (κ1) is 23.2. The lowest BCUT2D eigenvalue weighted by Gasteiger charge is -2.11. The standard InChI is InChI=1S/C22H30N6O4/c1-6-9-26-20(31)16-8-7-15(19(30)23-11-13(2)3)10-17(16)28-21(26)25-27(22(28)32)12-18(29)24-14(4)5/h7-8,10,13-14H,6,9,11-12H2,1-5H3,(H,23,30)(H,24,29). The van der Waals surface area contributed by atoms with Crippen molar-refractivity contribution in [3.8, 4) is 0 Å². The fourth-order valence-electron chi connectivity index (χ4n) is 3.49. The minimum absolute atomic E-state index is 0.0822. The molecule has 1 aromatic carbocycles. The third-order valence-electron chi connectivity index (χ3n) is 4.90. The molecule has 32 heavy (non-hydrogen) atoms. The van der Waals surface area contributed by atoms with Crippen molar-refractivity contribution in [2.75, 3.05) is 6.54 Å². The summed E-state index contributed by atoms with van der Waals surface area (Å²) < 4.78 is 3.77. The van der Waals surface area contributed by atoms with Crippen LogP contribution in [0.5, 0.6) is 0 Å². The lowest BCUT2D eigenvalue weighted by molar-refractivity contribution is -0.122. The van der Waals surface area contributed by atoms with Crippen LogP contribution in [0.2, 0.25) is 0 Å². The highest BCUT2D eigenvalue weighted by atomic mass is 16.2. The van der Waals surface area contributed by atoms with Crippen molar-refractivity contribution in [1.82, 2.24) is 29.4 Å². The normalized spacial score (nSPS) is 11.6. The Morgan fingerprint density at radius 3 is 2.47 bits per heavy atom. The van der Waals surface area contributed by atoms with Crippen LogP contribution < -0.4 is 21.9 Å². The Morgan fingerprint density at radius 1 is 1.12 bits per heavy atom. The molecule has 0 aliphatic rings. The minimum Gasteiger partial charge on any atom is -0.352 e. The van der Waals surface area contributed by atoms with Crippen molar-refractivity contribution in [3.05, 3.63) is 44.6 Å². The molecule has 0 aliphatic carbocycles. The molecule has 0 atom stereocenters. The molecule has 10 nitrogen and oxygen atoms in total. The number of hydrogen-bond donors (Lipinski definition) is 2. The first-order valence-corrected chi connectivity index (χ1v) is 10.9. The molecule has 0 fully saturated rings. The van der Waals surface area contributed by atoms with Crippen molar-refractivity contribution in [1.29, 1.82) is 0 Å². The first-order valence-electron chi connectivity index (χ1n) is 10.9. The van der Waals surface area contributed by atoms with Gasteiger partial charge in [-0.3, -0.25) is 19.0 Å². The Hall–Kier alpha value is -3.43. The predicted molar refractivity (Wildman–Crippen MR) is 122 cm³/mol. The molecule has 3 rings (SSSR count). The Bertz CT molecular complexity index is 1280. The molecule has 0 radical (unpaired) electrons. The second-order valence-electron chi connectivity index (χ2n) is 8.59.